The minimum atomic E-state index is 0. The lowest BCUT2D eigenvalue weighted by atomic mass is 10.0. The molecule has 3 rings (SSSR count). The molecule has 0 saturated heterocycles. The second-order valence-electron chi connectivity index (χ2n) is 6.59. The lowest BCUT2D eigenvalue weighted by Crippen LogP contribution is -2.41. The van der Waals surface area contributed by atoms with Gasteiger partial charge in [0, 0.05) is 20.1 Å². The van der Waals surface area contributed by atoms with E-state index in [1.807, 2.05) is 19.2 Å². The zero-order valence-electron chi connectivity index (χ0n) is 14.1. The van der Waals surface area contributed by atoms with E-state index >= 15 is 0 Å². The van der Waals surface area contributed by atoms with Gasteiger partial charge in [-0.1, -0.05) is 12.1 Å². The Balaban J connectivity index is 0.00000192. The first-order valence-corrected chi connectivity index (χ1v) is 8.33. The summed E-state index contributed by atoms with van der Waals surface area (Å²) in [6.45, 7) is 1.97. The van der Waals surface area contributed by atoms with Crippen LogP contribution in [0.15, 0.2) is 29.3 Å². The highest BCUT2D eigenvalue weighted by molar-refractivity contribution is 14.0. The number of methoxy groups -OCH3 is 1. The number of benzene rings is 1. The van der Waals surface area contributed by atoms with Crippen molar-refractivity contribution in [2.45, 2.75) is 32.1 Å². The third-order valence-corrected chi connectivity index (χ3v) is 5.03. The molecule has 2 fully saturated rings. The Hall–Kier alpha value is -0.980. The molecule has 0 atom stereocenters. The number of guanidine groups is 1. The molecule has 5 heteroatoms. The first kappa shape index (κ1) is 18.4. The largest absolute Gasteiger partial charge is 0.497 e. The molecule has 2 N–H and O–H groups in total. The summed E-state index contributed by atoms with van der Waals surface area (Å²) in [4.78, 5) is 4.33. The van der Waals surface area contributed by atoms with Gasteiger partial charge in [-0.15, -0.1) is 24.0 Å². The number of hydrogen-bond donors (Lipinski definition) is 2. The van der Waals surface area contributed by atoms with E-state index in [1.165, 1.54) is 31.2 Å². The fraction of sp³-hybridized carbons (Fsp3) is 0.611. The Bertz CT molecular complexity index is 522. The second-order valence-corrected chi connectivity index (χ2v) is 6.59. The highest BCUT2D eigenvalue weighted by atomic mass is 127. The molecular weight excluding hydrogens is 401 g/mol. The van der Waals surface area contributed by atoms with Gasteiger partial charge in [-0.25, -0.2) is 0 Å². The number of aliphatic imine (C=N–C) groups is 1. The zero-order chi connectivity index (χ0) is 15.4. The fourth-order valence-electron chi connectivity index (χ4n) is 3.18. The minimum Gasteiger partial charge on any atom is -0.497 e. The van der Waals surface area contributed by atoms with Gasteiger partial charge in [0.15, 0.2) is 5.96 Å². The number of hydrogen-bond acceptors (Lipinski definition) is 2. The molecule has 0 amide bonds. The van der Waals surface area contributed by atoms with E-state index < -0.39 is 0 Å². The monoisotopic (exact) mass is 429 g/mol. The van der Waals surface area contributed by atoms with E-state index in [9.17, 15) is 0 Å². The highest BCUT2D eigenvalue weighted by Crippen LogP contribution is 2.60. The van der Waals surface area contributed by atoms with Crippen molar-refractivity contribution in [1.82, 2.24) is 10.6 Å². The molecule has 23 heavy (non-hydrogen) atoms. The van der Waals surface area contributed by atoms with Crippen LogP contribution in [0.3, 0.4) is 0 Å². The van der Waals surface area contributed by atoms with Gasteiger partial charge < -0.3 is 15.4 Å². The highest BCUT2D eigenvalue weighted by Gasteiger charge is 2.53. The molecule has 0 heterocycles. The van der Waals surface area contributed by atoms with Crippen molar-refractivity contribution in [2.75, 3.05) is 27.2 Å². The maximum atomic E-state index is 5.18. The molecule has 0 spiro atoms. The van der Waals surface area contributed by atoms with Crippen LogP contribution in [0, 0.1) is 11.3 Å². The number of ether oxygens (including phenoxy) is 1. The number of nitrogens with zero attached hydrogens (tertiary/aromatic N) is 1. The Kier molecular flexibility index (Phi) is 6.56. The van der Waals surface area contributed by atoms with Crippen LogP contribution in [0.5, 0.6) is 5.75 Å². The number of halogens is 1. The molecule has 0 aliphatic heterocycles. The molecule has 0 radical (unpaired) electrons. The summed E-state index contributed by atoms with van der Waals surface area (Å²) >= 11 is 0. The maximum absolute atomic E-state index is 5.18. The summed E-state index contributed by atoms with van der Waals surface area (Å²) in [5, 5.41) is 6.93. The molecule has 0 bridgehead atoms. The van der Waals surface area contributed by atoms with Crippen molar-refractivity contribution in [3.63, 3.8) is 0 Å². The van der Waals surface area contributed by atoms with Crippen molar-refractivity contribution < 1.29 is 4.74 Å². The van der Waals surface area contributed by atoms with Crippen LogP contribution in [0.1, 0.15) is 31.2 Å². The van der Waals surface area contributed by atoms with E-state index in [-0.39, 0.29) is 24.0 Å². The molecule has 0 aromatic heterocycles. The molecule has 128 valence electrons. The Labute approximate surface area is 156 Å². The van der Waals surface area contributed by atoms with Crippen LogP contribution < -0.4 is 15.4 Å². The van der Waals surface area contributed by atoms with Gasteiger partial charge in [0.2, 0.25) is 0 Å². The third kappa shape index (κ3) is 4.99. The molecular formula is C18H28IN3O. The van der Waals surface area contributed by atoms with Gasteiger partial charge >= 0.3 is 0 Å². The average Bonchev–Trinajstić information content (AvgIpc) is 3.44. The Morgan fingerprint density at radius 2 is 1.91 bits per heavy atom. The van der Waals surface area contributed by atoms with Crippen molar-refractivity contribution in [3.8, 4) is 5.75 Å². The van der Waals surface area contributed by atoms with E-state index in [2.05, 4.69) is 27.8 Å². The van der Waals surface area contributed by atoms with Crippen molar-refractivity contribution in [1.29, 1.82) is 0 Å². The van der Waals surface area contributed by atoms with Crippen molar-refractivity contribution >= 4 is 29.9 Å². The normalized spacial score (nSPS) is 18.8. The topological polar surface area (TPSA) is 45.7 Å². The summed E-state index contributed by atoms with van der Waals surface area (Å²) < 4.78 is 5.18. The van der Waals surface area contributed by atoms with Crippen LogP contribution in [-0.2, 0) is 6.42 Å². The SMILES string of the molecule is CN=C(NCCc1ccc(OC)cc1)NCC1(C2CC2)CC1.I. The summed E-state index contributed by atoms with van der Waals surface area (Å²) in [6, 6.07) is 8.25. The molecule has 2 aliphatic rings. The van der Waals surface area contributed by atoms with Crippen molar-refractivity contribution in [3.05, 3.63) is 29.8 Å². The number of nitrogens with one attached hydrogen (secondary N) is 2. The predicted octanol–water partition coefficient (Wildman–Crippen LogP) is 3.21. The first-order chi connectivity index (χ1) is 10.8. The Morgan fingerprint density at radius 1 is 1.22 bits per heavy atom. The maximum Gasteiger partial charge on any atom is 0.191 e. The van der Waals surface area contributed by atoms with E-state index in [0.29, 0.717) is 5.41 Å². The van der Waals surface area contributed by atoms with Crippen LogP contribution in [-0.4, -0.2) is 33.2 Å². The van der Waals surface area contributed by atoms with Gasteiger partial charge in [0.25, 0.3) is 0 Å². The summed E-state index contributed by atoms with van der Waals surface area (Å²) in [5.74, 6) is 2.82. The zero-order valence-corrected chi connectivity index (χ0v) is 16.4. The molecule has 1 aromatic rings. The van der Waals surface area contributed by atoms with Gasteiger partial charge in [-0.05, 0) is 61.1 Å². The fourth-order valence-corrected chi connectivity index (χ4v) is 3.18. The predicted molar refractivity (Wildman–Crippen MR) is 106 cm³/mol. The second kappa shape index (κ2) is 8.22. The third-order valence-electron chi connectivity index (χ3n) is 5.03. The average molecular weight is 429 g/mol. The molecule has 4 nitrogen and oxygen atoms in total. The molecule has 1 aromatic carbocycles. The lowest BCUT2D eigenvalue weighted by Gasteiger charge is -2.18. The van der Waals surface area contributed by atoms with E-state index in [0.717, 1.165) is 37.1 Å². The summed E-state index contributed by atoms with van der Waals surface area (Å²) in [6.07, 6.45) is 6.65. The summed E-state index contributed by atoms with van der Waals surface area (Å²) in [7, 11) is 3.54. The quantitative estimate of drug-likeness (QED) is 0.398. The Morgan fingerprint density at radius 3 is 2.43 bits per heavy atom. The van der Waals surface area contributed by atoms with Crippen LogP contribution in [0.4, 0.5) is 0 Å². The van der Waals surface area contributed by atoms with Gasteiger partial charge in [-0.2, -0.15) is 0 Å². The van der Waals surface area contributed by atoms with E-state index in [1.54, 1.807) is 7.11 Å². The summed E-state index contributed by atoms with van der Waals surface area (Å²) in [5.41, 5.74) is 1.91. The molecule has 2 saturated carbocycles. The smallest absolute Gasteiger partial charge is 0.191 e. The van der Waals surface area contributed by atoms with Gasteiger partial charge in [0.05, 0.1) is 7.11 Å². The lowest BCUT2D eigenvalue weighted by molar-refractivity contribution is 0.414. The van der Waals surface area contributed by atoms with Crippen LogP contribution in [0.2, 0.25) is 0 Å². The first-order valence-electron chi connectivity index (χ1n) is 8.33. The van der Waals surface area contributed by atoms with Crippen LogP contribution >= 0.6 is 24.0 Å². The van der Waals surface area contributed by atoms with Gasteiger partial charge in [0.1, 0.15) is 5.75 Å². The van der Waals surface area contributed by atoms with E-state index in [4.69, 9.17) is 4.74 Å². The van der Waals surface area contributed by atoms with Crippen LogP contribution in [0.25, 0.3) is 0 Å². The van der Waals surface area contributed by atoms with Crippen molar-refractivity contribution in [2.24, 2.45) is 16.3 Å². The standard InChI is InChI=1S/C18H27N3O.HI/c1-19-17(21-13-18(10-11-18)15-5-6-15)20-12-9-14-3-7-16(22-2)8-4-14;/h3-4,7-8,15H,5-6,9-13H2,1-2H3,(H2,19,20,21);1H. The molecule has 0 unspecified atom stereocenters. The molecule has 2 aliphatic carbocycles. The van der Waals surface area contributed by atoms with Gasteiger partial charge in [-0.3, -0.25) is 4.99 Å². The minimum absolute atomic E-state index is 0. The number of rotatable bonds is 7.